The fourth-order valence-electron chi connectivity index (χ4n) is 1.90. The molecule has 76 valence electrons. The molecule has 1 saturated heterocycles. The number of hydrogen-bond donors (Lipinski definition) is 2. The molecule has 2 N–H and O–H groups in total. The average molecular weight is 195 g/mol. The molecule has 1 fully saturated rings. The summed E-state index contributed by atoms with van der Waals surface area (Å²) in [5, 5.41) is 12.1. The van der Waals surface area contributed by atoms with Gasteiger partial charge in [0, 0.05) is 11.6 Å². The summed E-state index contributed by atoms with van der Waals surface area (Å²) in [6, 6.07) is 5.11. The maximum atomic E-state index is 13.5. The van der Waals surface area contributed by atoms with E-state index in [4.69, 9.17) is 5.11 Å². The summed E-state index contributed by atoms with van der Waals surface area (Å²) < 4.78 is 13.5. The zero-order valence-corrected chi connectivity index (χ0v) is 7.96. The van der Waals surface area contributed by atoms with Crippen molar-refractivity contribution in [1.29, 1.82) is 0 Å². The van der Waals surface area contributed by atoms with E-state index in [0.29, 0.717) is 5.56 Å². The molecule has 1 aromatic rings. The number of benzene rings is 1. The van der Waals surface area contributed by atoms with Crippen LogP contribution in [-0.2, 0) is 6.61 Å². The Kier molecular flexibility index (Phi) is 2.79. The smallest absolute Gasteiger partial charge is 0.128 e. The Labute approximate surface area is 82.8 Å². The third-order valence-corrected chi connectivity index (χ3v) is 2.68. The molecule has 1 aliphatic heterocycles. The molecule has 14 heavy (non-hydrogen) atoms. The largest absolute Gasteiger partial charge is 0.392 e. The van der Waals surface area contributed by atoms with Gasteiger partial charge in [0.15, 0.2) is 0 Å². The first-order chi connectivity index (χ1) is 6.81. The van der Waals surface area contributed by atoms with Crippen LogP contribution in [0.3, 0.4) is 0 Å². The van der Waals surface area contributed by atoms with Crippen molar-refractivity contribution in [3.8, 4) is 0 Å². The third kappa shape index (κ3) is 1.79. The first kappa shape index (κ1) is 9.62. The van der Waals surface area contributed by atoms with Gasteiger partial charge in [-0.25, -0.2) is 4.39 Å². The van der Waals surface area contributed by atoms with E-state index in [1.165, 1.54) is 6.07 Å². The van der Waals surface area contributed by atoms with E-state index < -0.39 is 0 Å². The molecule has 1 heterocycles. The molecule has 0 spiro atoms. The molecule has 1 aliphatic rings. The maximum Gasteiger partial charge on any atom is 0.128 e. The van der Waals surface area contributed by atoms with Crippen LogP contribution in [0.2, 0.25) is 0 Å². The van der Waals surface area contributed by atoms with Crippen LogP contribution >= 0.6 is 0 Å². The lowest BCUT2D eigenvalue weighted by Gasteiger charge is -2.12. The Morgan fingerprint density at radius 1 is 1.50 bits per heavy atom. The molecule has 0 amide bonds. The van der Waals surface area contributed by atoms with E-state index in [0.717, 1.165) is 24.9 Å². The van der Waals surface area contributed by atoms with E-state index in [2.05, 4.69) is 5.32 Å². The number of halogens is 1. The van der Waals surface area contributed by atoms with Crippen molar-refractivity contribution in [1.82, 2.24) is 5.32 Å². The van der Waals surface area contributed by atoms with Crippen LogP contribution in [0, 0.1) is 5.82 Å². The highest BCUT2D eigenvalue weighted by atomic mass is 19.1. The minimum Gasteiger partial charge on any atom is -0.392 e. The standard InChI is InChI=1S/C11H14FNO/c12-10-6-8(7-14)3-4-9(10)11-2-1-5-13-11/h3-4,6,11,13-14H,1-2,5,7H2/t11-/m0/s1. The Morgan fingerprint density at radius 2 is 2.36 bits per heavy atom. The second-order valence-corrected chi connectivity index (χ2v) is 3.66. The van der Waals surface area contributed by atoms with Gasteiger partial charge in [-0.1, -0.05) is 12.1 Å². The van der Waals surface area contributed by atoms with Crippen molar-refractivity contribution in [2.75, 3.05) is 6.54 Å². The summed E-state index contributed by atoms with van der Waals surface area (Å²) in [5.74, 6) is -0.212. The quantitative estimate of drug-likeness (QED) is 0.753. The highest BCUT2D eigenvalue weighted by Gasteiger charge is 2.19. The SMILES string of the molecule is OCc1ccc([C@@H]2CCCN2)c(F)c1. The van der Waals surface area contributed by atoms with Crippen LogP contribution in [0.4, 0.5) is 4.39 Å². The number of rotatable bonds is 2. The molecule has 1 aromatic carbocycles. The van der Waals surface area contributed by atoms with Gasteiger partial charge in [-0.05, 0) is 31.0 Å². The molecule has 0 aromatic heterocycles. The Bertz CT molecular complexity index is 321. The Morgan fingerprint density at radius 3 is 2.93 bits per heavy atom. The number of nitrogens with one attached hydrogen (secondary N) is 1. The minimum absolute atomic E-state index is 0.102. The normalized spacial score (nSPS) is 21.4. The zero-order valence-electron chi connectivity index (χ0n) is 7.96. The van der Waals surface area contributed by atoms with Crippen LogP contribution in [0.25, 0.3) is 0 Å². The summed E-state index contributed by atoms with van der Waals surface area (Å²) in [6.45, 7) is 0.862. The lowest BCUT2D eigenvalue weighted by atomic mass is 10.0. The fraction of sp³-hybridized carbons (Fsp3) is 0.455. The molecule has 0 saturated carbocycles. The van der Waals surface area contributed by atoms with Crippen molar-refractivity contribution in [3.05, 3.63) is 35.1 Å². The molecule has 3 heteroatoms. The molecule has 0 bridgehead atoms. The van der Waals surface area contributed by atoms with E-state index >= 15 is 0 Å². The van der Waals surface area contributed by atoms with Gasteiger partial charge in [-0.15, -0.1) is 0 Å². The van der Waals surface area contributed by atoms with Gasteiger partial charge in [-0.2, -0.15) is 0 Å². The summed E-state index contributed by atoms with van der Waals surface area (Å²) in [6.07, 6.45) is 2.10. The van der Waals surface area contributed by atoms with Crippen LogP contribution < -0.4 is 5.32 Å². The van der Waals surface area contributed by atoms with Gasteiger partial charge < -0.3 is 10.4 Å². The van der Waals surface area contributed by atoms with Gasteiger partial charge in [-0.3, -0.25) is 0 Å². The summed E-state index contributed by atoms with van der Waals surface area (Å²) in [7, 11) is 0. The van der Waals surface area contributed by atoms with Gasteiger partial charge in [0.05, 0.1) is 6.61 Å². The summed E-state index contributed by atoms with van der Waals surface area (Å²) in [5.41, 5.74) is 1.35. The maximum absolute atomic E-state index is 13.5. The van der Waals surface area contributed by atoms with Crippen molar-refractivity contribution in [3.63, 3.8) is 0 Å². The number of aliphatic hydroxyl groups is 1. The lowest BCUT2D eigenvalue weighted by molar-refractivity contribution is 0.281. The topological polar surface area (TPSA) is 32.3 Å². The van der Waals surface area contributed by atoms with E-state index in [9.17, 15) is 4.39 Å². The number of aliphatic hydroxyl groups excluding tert-OH is 1. The second-order valence-electron chi connectivity index (χ2n) is 3.66. The predicted octanol–water partition coefficient (Wildman–Crippen LogP) is 1.74. The van der Waals surface area contributed by atoms with Crippen molar-refractivity contribution in [2.24, 2.45) is 0 Å². The van der Waals surface area contributed by atoms with E-state index in [-0.39, 0.29) is 18.5 Å². The van der Waals surface area contributed by atoms with Gasteiger partial charge >= 0.3 is 0 Å². The predicted molar refractivity (Wildman–Crippen MR) is 52.3 cm³/mol. The van der Waals surface area contributed by atoms with Crippen LogP contribution in [0.1, 0.15) is 30.0 Å². The molecular formula is C11H14FNO. The van der Waals surface area contributed by atoms with Crippen molar-refractivity contribution in [2.45, 2.75) is 25.5 Å². The monoisotopic (exact) mass is 195 g/mol. The minimum atomic E-state index is -0.212. The van der Waals surface area contributed by atoms with Gasteiger partial charge in [0.1, 0.15) is 5.82 Å². The highest BCUT2D eigenvalue weighted by molar-refractivity contribution is 5.27. The van der Waals surface area contributed by atoms with Crippen LogP contribution in [-0.4, -0.2) is 11.7 Å². The van der Waals surface area contributed by atoms with Crippen LogP contribution in [0.5, 0.6) is 0 Å². The molecule has 0 radical (unpaired) electrons. The van der Waals surface area contributed by atoms with Crippen molar-refractivity contribution < 1.29 is 9.50 Å². The zero-order chi connectivity index (χ0) is 9.97. The molecular weight excluding hydrogens is 181 g/mol. The number of hydrogen-bond acceptors (Lipinski definition) is 2. The lowest BCUT2D eigenvalue weighted by Crippen LogP contribution is -2.14. The molecule has 2 nitrogen and oxygen atoms in total. The fourth-order valence-corrected chi connectivity index (χ4v) is 1.90. The van der Waals surface area contributed by atoms with Crippen LogP contribution in [0.15, 0.2) is 18.2 Å². The van der Waals surface area contributed by atoms with Gasteiger partial charge in [0.2, 0.25) is 0 Å². The Hall–Kier alpha value is -0.930. The summed E-state index contributed by atoms with van der Waals surface area (Å²) in [4.78, 5) is 0. The molecule has 0 aliphatic carbocycles. The van der Waals surface area contributed by atoms with Crippen molar-refractivity contribution >= 4 is 0 Å². The highest BCUT2D eigenvalue weighted by Crippen LogP contribution is 2.25. The second kappa shape index (κ2) is 4.07. The van der Waals surface area contributed by atoms with Gasteiger partial charge in [0.25, 0.3) is 0 Å². The summed E-state index contributed by atoms with van der Waals surface area (Å²) >= 11 is 0. The third-order valence-electron chi connectivity index (χ3n) is 2.68. The average Bonchev–Trinajstić information content (AvgIpc) is 2.70. The molecule has 0 unspecified atom stereocenters. The van der Waals surface area contributed by atoms with E-state index in [1.807, 2.05) is 0 Å². The van der Waals surface area contributed by atoms with E-state index in [1.54, 1.807) is 12.1 Å². The molecule has 2 rings (SSSR count). The first-order valence-electron chi connectivity index (χ1n) is 4.94. The Balaban J connectivity index is 2.25. The first-order valence-corrected chi connectivity index (χ1v) is 4.94. The molecule has 1 atom stereocenters.